The number of hydrogen-bond acceptors (Lipinski definition) is 4. The largest absolute Gasteiger partial charge is 0.495 e. The second-order valence-corrected chi connectivity index (χ2v) is 5.59. The van der Waals surface area contributed by atoms with Crippen LogP contribution in [-0.4, -0.2) is 36.4 Å². The molecule has 1 atom stereocenters. The number of carbonyl (C=O) groups is 2. The number of anilines is 1. The Kier molecular flexibility index (Phi) is 4.32. The molecule has 0 radical (unpaired) electrons. The summed E-state index contributed by atoms with van der Waals surface area (Å²) in [6.45, 7) is 4.13. The molecule has 0 spiro atoms. The molecule has 1 saturated heterocycles. The Morgan fingerprint density at radius 2 is 2.15 bits per heavy atom. The quantitative estimate of drug-likeness (QED) is 0.854. The van der Waals surface area contributed by atoms with Gasteiger partial charge in [-0.15, -0.1) is 0 Å². The molecule has 1 aromatic rings. The van der Waals surface area contributed by atoms with Crippen LogP contribution in [0.5, 0.6) is 5.75 Å². The predicted molar refractivity (Wildman–Crippen MR) is 79.9 cm³/mol. The predicted octanol–water partition coefficient (Wildman–Crippen LogP) is 2.33. The second-order valence-electron chi connectivity index (χ2n) is 4.68. The molecule has 2 amide bonds. The molecule has 108 valence electrons. The number of carbonyl (C=O) groups excluding carboxylic acids is 2. The summed E-state index contributed by atoms with van der Waals surface area (Å²) in [7, 11) is 1.58. The number of aryl methyl sites for hydroxylation is 1. The molecule has 0 aromatic heterocycles. The van der Waals surface area contributed by atoms with Gasteiger partial charge in [0, 0.05) is 11.0 Å². The van der Waals surface area contributed by atoms with Crippen molar-refractivity contribution in [2.75, 3.05) is 19.0 Å². The number of nitrogens with zero attached hydrogens (tertiary/aromatic N) is 1. The normalized spacial score (nSPS) is 18.6. The lowest BCUT2D eigenvalue weighted by molar-refractivity contribution is -0.138. The van der Waals surface area contributed by atoms with Crippen LogP contribution in [0.3, 0.4) is 0 Å². The standard InChI is InChI=1S/C14H17BrN2O3/c1-4-17-12(18)7-10(14(17)19)16-13-8(2)5-9(15)6-11(13)20-3/h5-6,10,16H,4,7H2,1-3H3. The van der Waals surface area contributed by atoms with Gasteiger partial charge in [0.15, 0.2) is 0 Å². The highest BCUT2D eigenvalue weighted by Crippen LogP contribution is 2.33. The number of rotatable bonds is 4. The molecule has 1 N–H and O–H groups in total. The second kappa shape index (κ2) is 5.83. The highest BCUT2D eigenvalue weighted by Gasteiger charge is 2.38. The van der Waals surface area contributed by atoms with Crippen LogP contribution in [-0.2, 0) is 9.59 Å². The van der Waals surface area contributed by atoms with Crippen molar-refractivity contribution in [3.63, 3.8) is 0 Å². The lowest BCUT2D eigenvalue weighted by Crippen LogP contribution is -2.34. The molecule has 6 heteroatoms. The van der Waals surface area contributed by atoms with Gasteiger partial charge in [-0.05, 0) is 31.5 Å². The Morgan fingerprint density at radius 1 is 1.45 bits per heavy atom. The number of halogens is 1. The zero-order valence-electron chi connectivity index (χ0n) is 11.7. The van der Waals surface area contributed by atoms with Crippen LogP contribution in [0.1, 0.15) is 18.9 Å². The average molecular weight is 341 g/mol. The van der Waals surface area contributed by atoms with E-state index in [2.05, 4.69) is 21.2 Å². The van der Waals surface area contributed by atoms with Crippen LogP contribution in [0, 0.1) is 6.92 Å². The summed E-state index contributed by atoms with van der Waals surface area (Å²) < 4.78 is 6.23. The Hall–Kier alpha value is -1.56. The minimum absolute atomic E-state index is 0.135. The fraction of sp³-hybridized carbons (Fsp3) is 0.429. The fourth-order valence-electron chi connectivity index (χ4n) is 2.36. The maximum absolute atomic E-state index is 12.1. The van der Waals surface area contributed by atoms with E-state index in [1.807, 2.05) is 19.1 Å². The third-order valence-corrected chi connectivity index (χ3v) is 3.82. The van der Waals surface area contributed by atoms with Crippen LogP contribution >= 0.6 is 15.9 Å². The number of likely N-dealkylation sites (tertiary alicyclic amines) is 1. The third kappa shape index (κ3) is 2.65. The average Bonchev–Trinajstić information content (AvgIpc) is 2.66. The van der Waals surface area contributed by atoms with Gasteiger partial charge in [-0.1, -0.05) is 15.9 Å². The number of imide groups is 1. The molecule has 0 aliphatic carbocycles. The SMILES string of the molecule is CCN1C(=O)CC(Nc2c(C)cc(Br)cc2OC)C1=O. The van der Waals surface area contributed by atoms with Gasteiger partial charge >= 0.3 is 0 Å². The van der Waals surface area contributed by atoms with Gasteiger partial charge in [-0.2, -0.15) is 0 Å². The van der Waals surface area contributed by atoms with Crippen molar-refractivity contribution >= 4 is 33.4 Å². The minimum Gasteiger partial charge on any atom is -0.495 e. The molecule has 1 aromatic carbocycles. The minimum atomic E-state index is -0.517. The first-order valence-electron chi connectivity index (χ1n) is 6.42. The maximum Gasteiger partial charge on any atom is 0.252 e. The van der Waals surface area contributed by atoms with Crippen molar-refractivity contribution in [1.29, 1.82) is 0 Å². The fourth-order valence-corrected chi connectivity index (χ4v) is 2.91. The van der Waals surface area contributed by atoms with Crippen molar-refractivity contribution in [3.05, 3.63) is 22.2 Å². The van der Waals surface area contributed by atoms with E-state index >= 15 is 0 Å². The Morgan fingerprint density at radius 3 is 2.70 bits per heavy atom. The third-order valence-electron chi connectivity index (χ3n) is 3.36. The first kappa shape index (κ1) is 14.8. The van der Waals surface area contributed by atoms with Gasteiger partial charge in [-0.25, -0.2) is 0 Å². The zero-order chi connectivity index (χ0) is 14.9. The van der Waals surface area contributed by atoms with Crippen molar-refractivity contribution in [2.45, 2.75) is 26.3 Å². The summed E-state index contributed by atoms with van der Waals surface area (Å²) in [5, 5.41) is 3.14. The van der Waals surface area contributed by atoms with E-state index in [4.69, 9.17) is 4.74 Å². The van der Waals surface area contributed by atoms with Gasteiger partial charge in [0.05, 0.1) is 19.2 Å². The van der Waals surface area contributed by atoms with E-state index in [-0.39, 0.29) is 18.2 Å². The number of nitrogens with one attached hydrogen (secondary N) is 1. The maximum atomic E-state index is 12.1. The number of amides is 2. The number of likely N-dealkylation sites (N-methyl/N-ethyl adjacent to an activating group) is 1. The summed E-state index contributed by atoms with van der Waals surface area (Å²) in [6, 6.07) is 3.24. The van der Waals surface area contributed by atoms with E-state index in [0.29, 0.717) is 12.3 Å². The highest BCUT2D eigenvalue weighted by atomic mass is 79.9. The monoisotopic (exact) mass is 340 g/mol. The van der Waals surface area contributed by atoms with E-state index in [1.54, 1.807) is 14.0 Å². The van der Waals surface area contributed by atoms with Crippen LogP contribution in [0.2, 0.25) is 0 Å². The molecule has 1 heterocycles. The van der Waals surface area contributed by atoms with Crippen LogP contribution in [0.15, 0.2) is 16.6 Å². The molecule has 0 saturated carbocycles. The van der Waals surface area contributed by atoms with Gasteiger partial charge < -0.3 is 10.1 Å². The van der Waals surface area contributed by atoms with Crippen molar-refractivity contribution < 1.29 is 14.3 Å². The summed E-state index contributed by atoms with van der Waals surface area (Å²) in [4.78, 5) is 25.1. The number of benzene rings is 1. The molecule has 0 bridgehead atoms. The van der Waals surface area contributed by atoms with E-state index in [1.165, 1.54) is 4.90 Å². The van der Waals surface area contributed by atoms with Gasteiger partial charge in [0.1, 0.15) is 11.8 Å². The van der Waals surface area contributed by atoms with E-state index < -0.39 is 6.04 Å². The molecule has 1 fully saturated rings. The van der Waals surface area contributed by atoms with Crippen LogP contribution < -0.4 is 10.1 Å². The van der Waals surface area contributed by atoms with Crippen LogP contribution in [0.4, 0.5) is 5.69 Å². The Labute approximate surface area is 126 Å². The lowest BCUT2D eigenvalue weighted by Gasteiger charge is -2.18. The molecule has 1 aliphatic heterocycles. The molecule has 5 nitrogen and oxygen atoms in total. The Bertz CT molecular complexity index is 560. The molecular formula is C14H17BrN2O3. The summed E-state index contributed by atoms with van der Waals surface area (Å²) in [6.07, 6.45) is 0.186. The first-order valence-corrected chi connectivity index (χ1v) is 7.22. The van der Waals surface area contributed by atoms with Crippen molar-refractivity contribution in [1.82, 2.24) is 4.90 Å². The highest BCUT2D eigenvalue weighted by molar-refractivity contribution is 9.10. The van der Waals surface area contributed by atoms with Gasteiger partial charge in [0.25, 0.3) is 5.91 Å². The summed E-state index contributed by atoms with van der Waals surface area (Å²) >= 11 is 3.41. The van der Waals surface area contributed by atoms with Crippen molar-refractivity contribution in [2.24, 2.45) is 0 Å². The molecular weight excluding hydrogens is 324 g/mol. The smallest absolute Gasteiger partial charge is 0.252 e. The zero-order valence-corrected chi connectivity index (χ0v) is 13.3. The number of hydrogen-bond donors (Lipinski definition) is 1. The number of ether oxygens (including phenoxy) is 1. The molecule has 1 aliphatic rings. The topological polar surface area (TPSA) is 58.6 Å². The van der Waals surface area contributed by atoms with E-state index in [9.17, 15) is 9.59 Å². The first-order chi connectivity index (χ1) is 9.47. The summed E-state index contributed by atoms with van der Waals surface area (Å²) in [5.74, 6) is 0.331. The number of methoxy groups -OCH3 is 1. The van der Waals surface area contributed by atoms with Gasteiger partial charge in [0.2, 0.25) is 5.91 Å². The van der Waals surface area contributed by atoms with Crippen LogP contribution in [0.25, 0.3) is 0 Å². The lowest BCUT2D eigenvalue weighted by atomic mass is 10.1. The van der Waals surface area contributed by atoms with Gasteiger partial charge in [-0.3, -0.25) is 14.5 Å². The molecule has 20 heavy (non-hydrogen) atoms. The van der Waals surface area contributed by atoms with Crippen molar-refractivity contribution in [3.8, 4) is 5.75 Å². The Balaban J connectivity index is 2.27. The molecule has 2 rings (SSSR count). The summed E-state index contributed by atoms with van der Waals surface area (Å²) in [5.41, 5.74) is 1.70. The van der Waals surface area contributed by atoms with E-state index in [0.717, 1.165) is 15.7 Å². The molecule has 1 unspecified atom stereocenters.